The average molecular weight is 471 g/mol. The summed E-state index contributed by atoms with van der Waals surface area (Å²) < 4.78 is 14.0. The fraction of sp³-hybridized carbons (Fsp3) is 0.500. The van der Waals surface area contributed by atoms with Crippen LogP contribution in [0.25, 0.3) is 0 Å². The van der Waals surface area contributed by atoms with Crippen molar-refractivity contribution < 1.29 is 14.3 Å². The largest absolute Gasteiger partial charge is 0.350 e. The molecule has 0 N–H and O–H groups in total. The van der Waals surface area contributed by atoms with E-state index < -0.39 is 0 Å². The monoisotopic (exact) mass is 470 g/mol. The molecule has 0 unspecified atom stereocenters. The van der Waals surface area contributed by atoms with E-state index in [4.69, 9.17) is 9.47 Å². The summed E-state index contributed by atoms with van der Waals surface area (Å²) in [7, 11) is 1.72. The molecule has 1 saturated heterocycles. The summed E-state index contributed by atoms with van der Waals surface area (Å²) in [6.07, 6.45) is 6.00. The number of rotatable bonds is 4. The third-order valence-electron chi connectivity index (χ3n) is 5.81. The van der Waals surface area contributed by atoms with Crippen LogP contribution in [0.1, 0.15) is 41.7 Å². The molecule has 156 valence electrons. The standard InChI is InChI=1S/C22H23BrN4O3/c1-26(19-10-16(6-7-17(19)23)5-4-15-2-3-15)21(28)18-11-27(25-24-18)12-20-29-13-22(8-9-22)14-30-20/h6-7,10-11,15,20H,2-3,8-9,12-14H2,1H3. The zero-order chi connectivity index (χ0) is 20.7. The van der Waals surface area contributed by atoms with Gasteiger partial charge in [0.2, 0.25) is 0 Å². The van der Waals surface area contributed by atoms with Crippen LogP contribution in [0.4, 0.5) is 5.69 Å². The van der Waals surface area contributed by atoms with Crippen molar-refractivity contribution >= 4 is 27.5 Å². The van der Waals surface area contributed by atoms with Crippen LogP contribution in [-0.2, 0) is 16.0 Å². The molecule has 0 bridgehead atoms. The van der Waals surface area contributed by atoms with Crippen LogP contribution in [0.5, 0.6) is 0 Å². The number of aromatic nitrogens is 3. The minimum Gasteiger partial charge on any atom is -0.350 e. The molecular weight excluding hydrogens is 448 g/mol. The fourth-order valence-electron chi connectivity index (χ4n) is 3.38. The van der Waals surface area contributed by atoms with Crippen molar-refractivity contribution in [2.75, 3.05) is 25.2 Å². The molecule has 2 aromatic rings. The maximum Gasteiger partial charge on any atom is 0.280 e. The molecule has 2 heterocycles. The van der Waals surface area contributed by atoms with Crippen LogP contribution in [0.15, 0.2) is 28.9 Å². The lowest BCUT2D eigenvalue weighted by Gasteiger charge is -2.29. The van der Waals surface area contributed by atoms with E-state index in [2.05, 4.69) is 38.1 Å². The predicted octanol–water partition coefficient (Wildman–Crippen LogP) is 3.23. The van der Waals surface area contributed by atoms with Gasteiger partial charge in [0.05, 0.1) is 31.6 Å². The minimum atomic E-state index is -0.352. The van der Waals surface area contributed by atoms with Crippen molar-refractivity contribution in [3.05, 3.63) is 40.1 Å². The van der Waals surface area contributed by atoms with Gasteiger partial charge in [-0.05, 0) is 59.8 Å². The summed E-state index contributed by atoms with van der Waals surface area (Å²) in [5.41, 5.74) is 2.16. The third kappa shape index (κ3) is 4.29. The molecule has 2 aliphatic carbocycles. The maximum absolute atomic E-state index is 13.0. The zero-order valence-corrected chi connectivity index (χ0v) is 18.4. The van der Waals surface area contributed by atoms with Crippen LogP contribution in [-0.4, -0.2) is 47.5 Å². The SMILES string of the molecule is CN(C(=O)c1cn(CC2OCC3(CC3)CO2)nn1)c1cc(C#CC2CC2)ccc1Br. The number of amides is 1. The molecule has 1 spiro atoms. The van der Waals surface area contributed by atoms with Crippen LogP contribution in [0.2, 0.25) is 0 Å². The molecule has 3 aliphatic rings. The van der Waals surface area contributed by atoms with Gasteiger partial charge in [-0.2, -0.15) is 0 Å². The topological polar surface area (TPSA) is 69.5 Å². The molecule has 1 amide bonds. The molecule has 2 saturated carbocycles. The smallest absolute Gasteiger partial charge is 0.280 e. The molecule has 0 radical (unpaired) electrons. The van der Waals surface area contributed by atoms with Gasteiger partial charge < -0.3 is 14.4 Å². The predicted molar refractivity (Wildman–Crippen MR) is 114 cm³/mol. The maximum atomic E-state index is 13.0. The highest BCUT2D eigenvalue weighted by atomic mass is 79.9. The Bertz CT molecular complexity index is 1020. The first-order valence-corrected chi connectivity index (χ1v) is 11.0. The van der Waals surface area contributed by atoms with Crippen LogP contribution in [0, 0.1) is 23.2 Å². The Morgan fingerprint density at radius 2 is 2.10 bits per heavy atom. The molecule has 7 nitrogen and oxygen atoms in total. The lowest BCUT2D eigenvalue weighted by Crippen LogP contribution is -2.36. The van der Waals surface area contributed by atoms with Gasteiger partial charge in [-0.3, -0.25) is 4.79 Å². The van der Waals surface area contributed by atoms with Gasteiger partial charge in [-0.1, -0.05) is 17.1 Å². The molecule has 0 atom stereocenters. The molecule has 1 aromatic heterocycles. The minimum absolute atomic E-state index is 0.239. The van der Waals surface area contributed by atoms with E-state index in [1.807, 2.05) is 18.2 Å². The Kier molecular flexibility index (Phi) is 5.13. The van der Waals surface area contributed by atoms with E-state index in [1.165, 1.54) is 25.7 Å². The van der Waals surface area contributed by atoms with E-state index in [0.717, 1.165) is 28.9 Å². The van der Waals surface area contributed by atoms with Gasteiger partial charge in [-0.15, -0.1) is 5.10 Å². The van der Waals surface area contributed by atoms with Crippen molar-refractivity contribution in [3.8, 4) is 11.8 Å². The van der Waals surface area contributed by atoms with Crippen LogP contribution in [0.3, 0.4) is 0 Å². The number of hydrogen-bond acceptors (Lipinski definition) is 5. The quantitative estimate of drug-likeness (QED) is 0.641. The van der Waals surface area contributed by atoms with E-state index in [-0.39, 0.29) is 23.3 Å². The second kappa shape index (κ2) is 7.80. The molecule has 1 aliphatic heterocycles. The first kappa shape index (κ1) is 19.7. The summed E-state index contributed by atoms with van der Waals surface area (Å²) >= 11 is 3.53. The number of carbonyl (C=O) groups excluding carboxylic acids is 1. The van der Waals surface area contributed by atoms with Gasteiger partial charge >= 0.3 is 0 Å². The Balaban J connectivity index is 1.25. The number of ether oxygens (including phenoxy) is 2. The molecule has 30 heavy (non-hydrogen) atoms. The Morgan fingerprint density at radius 1 is 1.33 bits per heavy atom. The van der Waals surface area contributed by atoms with Crippen molar-refractivity contribution in [2.24, 2.45) is 11.3 Å². The number of anilines is 1. The van der Waals surface area contributed by atoms with Gasteiger partial charge in [0.15, 0.2) is 12.0 Å². The molecule has 8 heteroatoms. The highest BCUT2D eigenvalue weighted by Gasteiger charge is 2.47. The second-order valence-electron chi connectivity index (χ2n) is 8.45. The van der Waals surface area contributed by atoms with Gasteiger partial charge in [-0.25, -0.2) is 4.68 Å². The zero-order valence-electron chi connectivity index (χ0n) is 16.8. The van der Waals surface area contributed by atoms with E-state index in [0.29, 0.717) is 12.5 Å². The summed E-state index contributed by atoms with van der Waals surface area (Å²) in [5, 5.41) is 8.14. The van der Waals surface area contributed by atoms with E-state index >= 15 is 0 Å². The third-order valence-corrected chi connectivity index (χ3v) is 6.48. The highest BCUT2D eigenvalue weighted by molar-refractivity contribution is 9.10. The van der Waals surface area contributed by atoms with Crippen molar-refractivity contribution in [3.63, 3.8) is 0 Å². The Morgan fingerprint density at radius 3 is 2.80 bits per heavy atom. The van der Waals surface area contributed by atoms with Gasteiger partial charge in [0, 0.05) is 28.4 Å². The van der Waals surface area contributed by atoms with E-state index in [9.17, 15) is 4.79 Å². The first-order chi connectivity index (χ1) is 14.5. The van der Waals surface area contributed by atoms with Crippen LogP contribution >= 0.6 is 15.9 Å². The van der Waals surface area contributed by atoms with Crippen molar-refractivity contribution in [2.45, 2.75) is 38.5 Å². The first-order valence-electron chi connectivity index (χ1n) is 10.2. The summed E-state index contributed by atoms with van der Waals surface area (Å²) in [5.74, 6) is 6.74. The second-order valence-corrected chi connectivity index (χ2v) is 9.31. The Hall–Kier alpha value is -2.21. The summed E-state index contributed by atoms with van der Waals surface area (Å²) in [4.78, 5) is 14.5. The number of nitrogens with zero attached hydrogens (tertiary/aromatic N) is 4. The summed E-state index contributed by atoms with van der Waals surface area (Å²) in [6.45, 7) is 1.87. The fourth-order valence-corrected chi connectivity index (χ4v) is 3.89. The molecule has 5 rings (SSSR count). The number of halogens is 1. The van der Waals surface area contributed by atoms with Gasteiger partial charge in [0.25, 0.3) is 5.91 Å². The molecule has 1 aromatic carbocycles. The lowest BCUT2D eigenvalue weighted by molar-refractivity contribution is -0.213. The number of carbonyl (C=O) groups is 1. The average Bonchev–Trinajstić information content (AvgIpc) is 3.68. The summed E-state index contributed by atoms with van der Waals surface area (Å²) in [6, 6.07) is 5.78. The highest BCUT2D eigenvalue weighted by Crippen LogP contribution is 2.48. The number of benzene rings is 1. The van der Waals surface area contributed by atoms with Crippen molar-refractivity contribution in [1.82, 2.24) is 15.0 Å². The Labute approximate surface area is 183 Å². The van der Waals surface area contributed by atoms with E-state index in [1.54, 1.807) is 22.8 Å². The normalized spacial score (nSPS) is 19.9. The molecule has 3 fully saturated rings. The van der Waals surface area contributed by atoms with Crippen molar-refractivity contribution in [1.29, 1.82) is 0 Å². The number of hydrogen-bond donors (Lipinski definition) is 0. The van der Waals surface area contributed by atoms with Crippen LogP contribution < -0.4 is 4.90 Å². The molecular formula is C22H23BrN4O3. The lowest BCUT2D eigenvalue weighted by atomic mass is 10.1. The van der Waals surface area contributed by atoms with Gasteiger partial charge in [0.1, 0.15) is 0 Å².